The van der Waals surface area contributed by atoms with Gasteiger partial charge in [0.1, 0.15) is 5.78 Å². The first-order chi connectivity index (χ1) is 6.09. The molecule has 0 saturated heterocycles. The molecule has 70 valence electrons. The Kier molecular flexibility index (Phi) is 3.32. The minimum absolute atomic E-state index is 0.141. The summed E-state index contributed by atoms with van der Waals surface area (Å²) >= 11 is 5.81. The fraction of sp³-hybridized carbons (Fsp3) is 0.300. The highest BCUT2D eigenvalue weighted by Crippen LogP contribution is 2.17. The third-order valence-electron chi connectivity index (χ3n) is 1.71. The van der Waals surface area contributed by atoms with E-state index in [1.807, 2.05) is 36.2 Å². The molecule has 1 rings (SSSR count). The molecule has 0 aliphatic rings. The summed E-state index contributed by atoms with van der Waals surface area (Å²) in [6.07, 6.45) is 0. The van der Waals surface area contributed by atoms with Crippen molar-refractivity contribution >= 4 is 23.1 Å². The van der Waals surface area contributed by atoms with Crippen LogP contribution in [0.1, 0.15) is 6.92 Å². The molecule has 0 aliphatic carbocycles. The average molecular weight is 198 g/mol. The topological polar surface area (TPSA) is 20.3 Å². The molecule has 1 aromatic rings. The third-order valence-corrected chi connectivity index (χ3v) is 1.94. The van der Waals surface area contributed by atoms with Gasteiger partial charge in [-0.3, -0.25) is 4.79 Å². The third kappa shape index (κ3) is 3.07. The second kappa shape index (κ2) is 4.28. The molecule has 0 aliphatic heterocycles. The van der Waals surface area contributed by atoms with Crippen molar-refractivity contribution in [1.29, 1.82) is 0 Å². The van der Waals surface area contributed by atoms with E-state index in [1.165, 1.54) is 0 Å². The summed E-state index contributed by atoms with van der Waals surface area (Å²) in [7, 11) is 1.87. The maximum Gasteiger partial charge on any atom is 0.149 e. The van der Waals surface area contributed by atoms with Gasteiger partial charge in [-0.2, -0.15) is 0 Å². The van der Waals surface area contributed by atoms with Crippen LogP contribution >= 0.6 is 11.6 Å². The van der Waals surface area contributed by atoms with Crippen molar-refractivity contribution in [2.45, 2.75) is 6.92 Å². The van der Waals surface area contributed by atoms with E-state index >= 15 is 0 Å². The van der Waals surface area contributed by atoms with Gasteiger partial charge in [0.2, 0.25) is 0 Å². The van der Waals surface area contributed by atoms with Gasteiger partial charge >= 0.3 is 0 Å². The molecule has 0 bridgehead atoms. The number of carbonyl (C=O) groups is 1. The molecule has 3 heteroatoms. The van der Waals surface area contributed by atoms with Crippen LogP contribution in [0.25, 0.3) is 0 Å². The number of Topliss-reactive ketones (excluding diaryl/α,β-unsaturated/α-hetero) is 1. The van der Waals surface area contributed by atoms with E-state index in [4.69, 9.17) is 11.6 Å². The quantitative estimate of drug-likeness (QED) is 0.742. The number of likely N-dealkylation sites (N-methyl/N-ethyl adjacent to an activating group) is 1. The minimum Gasteiger partial charge on any atom is -0.367 e. The van der Waals surface area contributed by atoms with Crippen molar-refractivity contribution in [3.05, 3.63) is 29.3 Å². The Morgan fingerprint density at radius 2 is 2.23 bits per heavy atom. The zero-order valence-corrected chi connectivity index (χ0v) is 8.51. The number of benzene rings is 1. The Morgan fingerprint density at radius 1 is 1.54 bits per heavy atom. The molecule has 0 aromatic heterocycles. The molecular formula is C10H12ClNO. The van der Waals surface area contributed by atoms with Gasteiger partial charge in [0, 0.05) is 17.8 Å². The molecule has 0 unspecified atom stereocenters. The minimum atomic E-state index is 0.141. The largest absolute Gasteiger partial charge is 0.367 e. The monoisotopic (exact) mass is 197 g/mol. The molecule has 0 spiro atoms. The van der Waals surface area contributed by atoms with E-state index in [-0.39, 0.29) is 5.78 Å². The van der Waals surface area contributed by atoms with Crippen molar-refractivity contribution in [3.63, 3.8) is 0 Å². The normalized spacial score (nSPS) is 9.77. The zero-order valence-electron chi connectivity index (χ0n) is 7.75. The summed E-state index contributed by atoms with van der Waals surface area (Å²) in [4.78, 5) is 12.7. The van der Waals surface area contributed by atoms with Crippen molar-refractivity contribution < 1.29 is 4.79 Å². The highest BCUT2D eigenvalue weighted by molar-refractivity contribution is 6.30. The predicted octanol–water partition coefficient (Wildman–Crippen LogP) is 2.37. The van der Waals surface area contributed by atoms with Crippen LogP contribution in [0.15, 0.2) is 24.3 Å². The van der Waals surface area contributed by atoms with Gasteiger partial charge in [-0.25, -0.2) is 0 Å². The molecular weight excluding hydrogens is 186 g/mol. The number of carbonyl (C=O) groups excluding carboxylic acids is 1. The van der Waals surface area contributed by atoms with Crippen LogP contribution < -0.4 is 4.90 Å². The number of hydrogen-bond donors (Lipinski definition) is 0. The number of rotatable bonds is 3. The van der Waals surface area contributed by atoms with Gasteiger partial charge in [-0.1, -0.05) is 17.7 Å². The zero-order chi connectivity index (χ0) is 9.84. The van der Waals surface area contributed by atoms with Crippen molar-refractivity contribution in [1.82, 2.24) is 0 Å². The maximum absolute atomic E-state index is 10.8. The number of anilines is 1. The molecule has 13 heavy (non-hydrogen) atoms. The number of halogens is 1. The Labute approximate surface area is 83.1 Å². The van der Waals surface area contributed by atoms with E-state index in [9.17, 15) is 4.79 Å². The summed E-state index contributed by atoms with van der Waals surface area (Å²) in [5, 5.41) is 0.688. The van der Waals surface area contributed by atoms with Crippen LogP contribution in [0.5, 0.6) is 0 Å². The second-order valence-electron chi connectivity index (χ2n) is 3.04. The lowest BCUT2D eigenvalue weighted by Crippen LogP contribution is -2.23. The predicted molar refractivity (Wildman–Crippen MR) is 55.4 cm³/mol. The summed E-state index contributed by atoms with van der Waals surface area (Å²) in [6, 6.07) is 7.44. The molecule has 0 N–H and O–H groups in total. The van der Waals surface area contributed by atoms with E-state index < -0.39 is 0 Å². The molecule has 0 saturated carbocycles. The van der Waals surface area contributed by atoms with E-state index in [2.05, 4.69) is 0 Å². The highest BCUT2D eigenvalue weighted by Gasteiger charge is 2.02. The fourth-order valence-corrected chi connectivity index (χ4v) is 1.32. The fourth-order valence-electron chi connectivity index (χ4n) is 1.14. The van der Waals surface area contributed by atoms with Gasteiger partial charge in [0.05, 0.1) is 6.54 Å². The van der Waals surface area contributed by atoms with Gasteiger partial charge in [0.25, 0.3) is 0 Å². The average Bonchev–Trinajstić information content (AvgIpc) is 2.03. The molecule has 0 amide bonds. The van der Waals surface area contributed by atoms with Crippen molar-refractivity contribution in [2.75, 3.05) is 18.5 Å². The highest BCUT2D eigenvalue weighted by atomic mass is 35.5. The SMILES string of the molecule is CC(=O)CN(C)c1cccc(Cl)c1. The first kappa shape index (κ1) is 10.1. The van der Waals surface area contributed by atoms with Crippen LogP contribution in [0.2, 0.25) is 5.02 Å². The summed E-state index contributed by atoms with van der Waals surface area (Å²) in [5.41, 5.74) is 0.961. The first-order valence-electron chi connectivity index (χ1n) is 4.06. The Morgan fingerprint density at radius 3 is 2.77 bits per heavy atom. The molecule has 0 radical (unpaired) electrons. The van der Waals surface area contributed by atoms with Gasteiger partial charge < -0.3 is 4.90 Å². The summed E-state index contributed by atoms with van der Waals surface area (Å²) in [5.74, 6) is 0.141. The summed E-state index contributed by atoms with van der Waals surface area (Å²) < 4.78 is 0. The Balaban J connectivity index is 2.76. The van der Waals surface area contributed by atoms with Crippen LogP contribution in [0.4, 0.5) is 5.69 Å². The van der Waals surface area contributed by atoms with Crippen LogP contribution in [-0.2, 0) is 4.79 Å². The second-order valence-corrected chi connectivity index (χ2v) is 3.47. The number of ketones is 1. The molecule has 1 aromatic carbocycles. The molecule has 2 nitrogen and oxygen atoms in total. The molecule has 0 fully saturated rings. The van der Waals surface area contributed by atoms with Crippen LogP contribution in [-0.4, -0.2) is 19.4 Å². The Hall–Kier alpha value is -1.02. The molecule has 0 atom stereocenters. The maximum atomic E-state index is 10.8. The van der Waals surface area contributed by atoms with E-state index in [1.54, 1.807) is 6.92 Å². The lowest BCUT2D eigenvalue weighted by molar-refractivity contribution is -0.115. The van der Waals surface area contributed by atoms with E-state index in [0.717, 1.165) is 5.69 Å². The molecule has 0 heterocycles. The van der Waals surface area contributed by atoms with Crippen molar-refractivity contribution in [3.8, 4) is 0 Å². The van der Waals surface area contributed by atoms with E-state index in [0.29, 0.717) is 11.6 Å². The Bertz CT molecular complexity index is 312. The number of nitrogens with zero attached hydrogens (tertiary/aromatic N) is 1. The van der Waals surface area contributed by atoms with Gasteiger partial charge in [-0.05, 0) is 25.1 Å². The standard InChI is InChI=1S/C10H12ClNO/c1-8(13)7-12(2)10-5-3-4-9(11)6-10/h3-6H,7H2,1-2H3. The lowest BCUT2D eigenvalue weighted by Gasteiger charge is -2.17. The summed E-state index contributed by atoms with van der Waals surface area (Å²) in [6.45, 7) is 1.99. The first-order valence-corrected chi connectivity index (χ1v) is 4.43. The van der Waals surface area contributed by atoms with Crippen LogP contribution in [0, 0.1) is 0 Å². The lowest BCUT2D eigenvalue weighted by atomic mass is 10.3. The van der Waals surface area contributed by atoms with Crippen molar-refractivity contribution in [2.24, 2.45) is 0 Å². The smallest absolute Gasteiger partial charge is 0.149 e. The van der Waals surface area contributed by atoms with Crippen LogP contribution in [0.3, 0.4) is 0 Å². The number of hydrogen-bond acceptors (Lipinski definition) is 2. The van der Waals surface area contributed by atoms with Gasteiger partial charge in [-0.15, -0.1) is 0 Å². The van der Waals surface area contributed by atoms with Gasteiger partial charge in [0.15, 0.2) is 0 Å².